The van der Waals surface area contributed by atoms with Crippen LogP contribution in [0.2, 0.25) is 0 Å². The van der Waals surface area contributed by atoms with Gasteiger partial charge < -0.3 is 14.8 Å². The molecule has 0 bridgehead atoms. The predicted octanol–water partition coefficient (Wildman–Crippen LogP) is 1.72. The SMILES string of the molecule is COC(=O)C(C)CNC(=O)OCc1ccccc1. The van der Waals surface area contributed by atoms with Gasteiger partial charge in [0.25, 0.3) is 0 Å². The molecule has 1 atom stereocenters. The Kier molecular flexibility index (Phi) is 5.70. The van der Waals surface area contributed by atoms with Crippen LogP contribution in [0.15, 0.2) is 30.3 Å². The first-order valence-electron chi connectivity index (χ1n) is 5.66. The standard InChI is InChI=1S/C13H17NO4/c1-10(12(15)17-2)8-14-13(16)18-9-11-6-4-3-5-7-11/h3-7,10H,8-9H2,1-2H3,(H,14,16). The maximum atomic E-state index is 11.3. The normalized spacial score (nSPS) is 11.4. The van der Waals surface area contributed by atoms with Gasteiger partial charge in [-0.1, -0.05) is 37.3 Å². The lowest BCUT2D eigenvalue weighted by atomic mass is 10.2. The molecule has 0 fully saturated rings. The number of amides is 1. The maximum absolute atomic E-state index is 11.3. The van der Waals surface area contributed by atoms with Gasteiger partial charge in [0.05, 0.1) is 13.0 Å². The van der Waals surface area contributed by atoms with Gasteiger partial charge in [0.1, 0.15) is 6.61 Å². The van der Waals surface area contributed by atoms with Crippen molar-refractivity contribution in [3.05, 3.63) is 35.9 Å². The number of carbonyl (C=O) groups excluding carboxylic acids is 2. The first kappa shape index (κ1) is 14.0. The van der Waals surface area contributed by atoms with Gasteiger partial charge >= 0.3 is 12.1 Å². The Labute approximate surface area is 106 Å². The number of ether oxygens (including phenoxy) is 2. The van der Waals surface area contributed by atoms with Crippen molar-refractivity contribution in [1.29, 1.82) is 0 Å². The van der Waals surface area contributed by atoms with Crippen LogP contribution in [0.4, 0.5) is 4.79 Å². The van der Waals surface area contributed by atoms with Crippen LogP contribution in [0.3, 0.4) is 0 Å². The Morgan fingerprint density at radius 3 is 2.56 bits per heavy atom. The van der Waals surface area contributed by atoms with Crippen LogP contribution in [0.5, 0.6) is 0 Å². The highest BCUT2D eigenvalue weighted by Gasteiger charge is 2.14. The topological polar surface area (TPSA) is 64.6 Å². The molecule has 1 aromatic rings. The van der Waals surface area contributed by atoms with Crippen LogP contribution in [0, 0.1) is 5.92 Å². The second-order valence-corrected chi connectivity index (χ2v) is 3.87. The summed E-state index contributed by atoms with van der Waals surface area (Å²) >= 11 is 0. The molecule has 0 saturated carbocycles. The Balaban J connectivity index is 2.24. The third-order valence-electron chi connectivity index (χ3n) is 2.37. The molecule has 1 N–H and O–H groups in total. The molecule has 0 aliphatic carbocycles. The number of benzene rings is 1. The zero-order chi connectivity index (χ0) is 13.4. The highest BCUT2D eigenvalue weighted by atomic mass is 16.5. The summed E-state index contributed by atoms with van der Waals surface area (Å²) in [7, 11) is 1.31. The molecule has 0 radical (unpaired) electrons. The fraction of sp³-hybridized carbons (Fsp3) is 0.385. The van der Waals surface area contributed by atoms with E-state index in [1.165, 1.54) is 7.11 Å². The Morgan fingerprint density at radius 1 is 1.28 bits per heavy atom. The molecular formula is C13H17NO4. The lowest BCUT2D eigenvalue weighted by molar-refractivity contribution is -0.144. The number of methoxy groups -OCH3 is 1. The van der Waals surface area contributed by atoms with Crippen molar-refractivity contribution in [2.75, 3.05) is 13.7 Å². The average molecular weight is 251 g/mol. The van der Waals surface area contributed by atoms with E-state index in [0.717, 1.165) is 5.56 Å². The number of hydrogen-bond acceptors (Lipinski definition) is 4. The first-order valence-corrected chi connectivity index (χ1v) is 5.66. The summed E-state index contributed by atoms with van der Waals surface area (Å²) < 4.78 is 9.53. The summed E-state index contributed by atoms with van der Waals surface area (Å²) in [6.45, 7) is 2.07. The van der Waals surface area contributed by atoms with E-state index in [1.54, 1.807) is 6.92 Å². The van der Waals surface area contributed by atoms with Gasteiger partial charge in [-0.15, -0.1) is 0 Å². The smallest absolute Gasteiger partial charge is 0.407 e. The van der Waals surface area contributed by atoms with Crippen molar-refractivity contribution in [2.45, 2.75) is 13.5 Å². The maximum Gasteiger partial charge on any atom is 0.407 e. The van der Waals surface area contributed by atoms with Crippen molar-refractivity contribution in [2.24, 2.45) is 5.92 Å². The number of esters is 1. The average Bonchev–Trinajstić information content (AvgIpc) is 2.42. The van der Waals surface area contributed by atoms with E-state index < -0.39 is 6.09 Å². The fourth-order valence-electron chi connectivity index (χ4n) is 1.30. The third-order valence-corrected chi connectivity index (χ3v) is 2.37. The van der Waals surface area contributed by atoms with E-state index in [2.05, 4.69) is 10.1 Å². The molecule has 1 amide bonds. The highest BCUT2D eigenvalue weighted by molar-refractivity contribution is 5.73. The monoisotopic (exact) mass is 251 g/mol. The summed E-state index contributed by atoms with van der Waals surface area (Å²) in [5.41, 5.74) is 0.911. The van der Waals surface area contributed by atoms with Crippen molar-refractivity contribution in [3.63, 3.8) is 0 Å². The molecule has 0 spiro atoms. The van der Waals surface area contributed by atoms with Crippen molar-refractivity contribution in [3.8, 4) is 0 Å². The lowest BCUT2D eigenvalue weighted by Gasteiger charge is -2.10. The van der Waals surface area contributed by atoms with Gasteiger partial charge in [-0.05, 0) is 5.56 Å². The van der Waals surface area contributed by atoms with E-state index in [9.17, 15) is 9.59 Å². The number of rotatable bonds is 5. The molecule has 0 heterocycles. The van der Waals surface area contributed by atoms with Gasteiger partial charge in [0.2, 0.25) is 0 Å². The Bertz CT molecular complexity index is 391. The number of nitrogens with one attached hydrogen (secondary N) is 1. The van der Waals surface area contributed by atoms with Gasteiger partial charge in [-0.2, -0.15) is 0 Å². The summed E-state index contributed by atoms with van der Waals surface area (Å²) in [5.74, 6) is -0.752. The van der Waals surface area contributed by atoms with Crippen LogP contribution >= 0.6 is 0 Å². The van der Waals surface area contributed by atoms with Crippen LogP contribution in [-0.2, 0) is 20.9 Å². The van der Waals surface area contributed by atoms with Gasteiger partial charge in [0.15, 0.2) is 0 Å². The lowest BCUT2D eigenvalue weighted by Crippen LogP contribution is -2.32. The van der Waals surface area contributed by atoms with Crippen molar-refractivity contribution in [1.82, 2.24) is 5.32 Å². The Morgan fingerprint density at radius 2 is 1.94 bits per heavy atom. The second-order valence-electron chi connectivity index (χ2n) is 3.87. The Hall–Kier alpha value is -2.04. The van der Waals surface area contributed by atoms with Crippen LogP contribution in [0.1, 0.15) is 12.5 Å². The predicted molar refractivity (Wildman–Crippen MR) is 65.8 cm³/mol. The van der Waals surface area contributed by atoms with Crippen LogP contribution in [0.25, 0.3) is 0 Å². The molecule has 18 heavy (non-hydrogen) atoms. The van der Waals surface area contributed by atoms with Crippen molar-refractivity contribution < 1.29 is 19.1 Å². The molecule has 0 aromatic heterocycles. The molecular weight excluding hydrogens is 234 g/mol. The first-order chi connectivity index (χ1) is 8.63. The van der Waals surface area contributed by atoms with Gasteiger partial charge in [-0.3, -0.25) is 4.79 Å². The third kappa shape index (κ3) is 4.86. The second kappa shape index (κ2) is 7.32. The minimum absolute atomic E-state index is 0.195. The van der Waals surface area contributed by atoms with E-state index in [4.69, 9.17) is 4.74 Å². The number of alkyl carbamates (subject to hydrolysis) is 1. The molecule has 98 valence electrons. The molecule has 1 aromatic carbocycles. The summed E-state index contributed by atoms with van der Waals surface area (Å²) in [5, 5.41) is 2.51. The molecule has 0 aliphatic heterocycles. The summed E-state index contributed by atoms with van der Waals surface area (Å²) in [4.78, 5) is 22.4. The zero-order valence-corrected chi connectivity index (χ0v) is 10.5. The van der Waals surface area contributed by atoms with Crippen LogP contribution in [-0.4, -0.2) is 25.7 Å². The van der Waals surface area contributed by atoms with E-state index >= 15 is 0 Å². The van der Waals surface area contributed by atoms with Crippen molar-refractivity contribution >= 4 is 12.1 Å². The molecule has 1 unspecified atom stereocenters. The van der Waals surface area contributed by atoms with Gasteiger partial charge in [0, 0.05) is 6.54 Å². The minimum atomic E-state index is -0.547. The molecule has 5 heteroatoms. The fourth-order valence-corrected chi connectivity index (χ4v) is 1.30. The molecule has 5 nitrogen and oxygen atoms in total. The minimum Gasteiger partial charge on any atom is -0.469 e. The summed E-state index contributed by atoms with van der Waals surface area (Å²) in [6, 6.07) is 9.36. The van der Waals surface area contributed by atoms with Gasteiger partial charge in [-0.25, -0.2) is 4.79 Å². The molecule has 0 aliphatic rings. The summed E-state index contributed by atoms with van der Waals surface area (Å²) in [6.07, 6.45) is -0.547. The zero-order valence-electron chi connectivity index (χ0n) is 10.5. The quantitative estimate of drug-likeness (QED) is 0.809. The largest absolute Gasteiger partial charge is 0.469 e. The van der Waals surface area contributed by atoms with E-state index in [1.807, 2.05) is 30.3 Å². The van der Waals surface area contributed by atoms with E-state index in [-0.39, 0.29) is 25.0 Å². The molecule has 1 rings (SSSR count). The van der Waals surface area contributed by atoms with E-state index in [0.29, 0.717) is 0 Å². The van der Waals surface area contributed by atoms with Crippen LogP contribution < -0.4 is 5.32 Å². The number of carbonyl (C=O) groups is 2. The number of hydrogen-bond donors (Lipinski definition) is 1. The highest BCUT2D eigenvalue weighted by Crippen LogP contribution is 2.01. The molecule has 0 saturated heterocycles.